The molecule has 0 saturated heterocycles. The summed E-state index contributed by atoms with van der Waals surface area (Å²) < 4.78 is 5.79. The average Bonchev–Trinajstić information content (AvgIpc) is 2.96. The van der Waals surface area contributed by atoms with Gasteiger partial charge in [0.2, 0.25) is 0 Å². The highest BCUT2D eigenvalue weighted by Crippen LogP contribution is 2.25. The molecule has 1 aromatic carbocycles. The summed E-state index contributed by atoms with van der Waals surface area (Å²) in [5, 5.41) is 11.1. The number of anilines is 1. The smallest absolute Gasteiger partial charge is 0.134 e. The highest BCUT2D eigenvalue weighted by atomic mass is 16.3. The van der Waals surface area contributed by atoms with Gasteiger partial charge in [-0.3, -0.25) is 5.10 Å². The molecule has 0 aliphatic rings. The fourth-order valence-corrected chi connectivity index (χ4v) is 1.87. The van der Waals surface area contributed by atoms with Gasteiger partial charge in [0.25, 0.3) is 0 Å². The molecule has 0 fully saturated rings. The molecule has 86 valence electrons. The van der Waals surface area contributed by atoms with E-state index >= 15 is 0 Å². The van der Waals surface area contributed by atoms with Gasteiger partial charge in [-0.2, -0.15) is 5.10 Å². The molecule has 0 radical (unpaired) electrons. The zero-order valence-electron chi connectivity index (χ0n) is 9.47. The summed E-state index contributed by atoms with van der Waals surface area (Å²) in [5.74, 6) is 0.924. The van der Waals surface area contributed by atoms with Gasteiger partial charge < -0.3 is 9.73 Å². The van der Waals surface area contributed by atoms with Gasteiger partial charge in [0, 0.05) is 11.6 Å². The molecule has 0 spiro atoms. The van der Waals surface area contributed by atoms with E-state index in [1.807, 2.05) is 30.5 Å². The molecular weight excluding hydrogens is 214 g/mol. The summed E-state index contributed by atoms with van der Waals surface area (Å²) >= 11 is 0. The lowest BCUT2D eigenvalue weighted by Crippen LogP contribution is -2.04. The van der Waals surface area contributed by atoms with Crippen molar-refractivity contribution in [3.05, 3.63) is 48.5 Å². The van der Waals surface area contributed by atoms with E-state index in [0.717, 1.165) is 22.4 Å². The van der Waals surface area contributed by atoms with Crippen LogP contribution < -0.4 is 5.32 Å². The standard InChI is InChI=1S/C13H13N3O/c1-9(16-11-7-14-15-8-11)13-6-10-4-2-3-5-12(10)17-13/h2-9,16H,1H3,(H,14,15). The zero-order valence-corrected chi connectivity index (χ0v) is 9.47. The Kier molecular flexibility index (Phi) is 2.33. The van der Waals surface area contributed by atoms with E-state index in [9.17, 15) is 0 Å². The first-order valence-electron chi connectivity index (χ1n) is 5.57. The highest BCUT2D eigenvalue weighted by molar-refractivity contribution is 5.77. The second-order valence-corrected chi connectivity index (χ2v) is 4.04. The number of benzene rings is 1. The number of hydrogen-bond acceptors (Lipinski definition) is 3. The van der Waals surface area contributed by atoms with Crippen LogP contribution in [0.25, 0.3) is 11.0 Å². The maximum atomic E-state index is 5.79. The fraction of sp³-hybridized carbons (Fsp3) is 0.154. The maximum absolute atomic E-state index is 5.79. The second kappa shape index (κ2) is 3.97. The average molecular weight is 227 g/mol. The van der Waals surface area contributed by atoms with Gasteiger partial charge in [0.15, 0.2) is 0 Å². The van der Waals surface area contributed by atoms with Gasteiger partial charge in [0.1, 0.15) is 11.3 Å². The van der Waals surface area contributed by atoms with Crippen molar-refractivity contribution in [3.63, 3.8) is 0 Å². The quantitative estimate of drug-likeness (QED) is 0.721. The lowest BCUT2D eigenvalue weighted by Gasteiger charge is -2.09. The monoisotopic (exact) mass is 227 g/mol. The van der Waals surface area contributed by atoms with Gasteiger partial charge in [-0.25, -0.2) is 0 Å². The molecule has 0 aliphatic heterocycles. The van der Waals surface area contributed by atoms with E-state index in [0.29, 0.717) is 0 Å². The third kappa shape index (κ3) is 1.89. The number of aromatic amines is 1. The van der Waals surface area contributed by atoms with Crippen molar-refractivity contribution in [1.29, 1.82) is 0 Å². The topological polar surface area (TPSA) is 53.9 Å². The Morgan fingerprint density at radius 3 is 3.00 bits per heavy atom. The predicted octanol–water partition coefficient (Wildman–Crippen LogP) is 3.33. The van der Waals surface area contributed by atoms with Crippen molar-refractivity contribution in [2.75, 3.05) is 5.32 Å². The van der Waals surface area contributed by atoms with E-state index in [1.165, 1.54) is 0 Å². The van der Waals surface area contributed by atoms with Crippen LogP contribution in [-0.2, 0) is 0 Å². The van der Waals surface area contributed by atoms with Crippen LogP contribution in [0.5, 0.6) is 0 Å². The number of hydrogen-bond donors (Lipinski definition) is 2. The number of aromatic nitrogens is 2. The Bertz CT molecular complexity index is 579. The Morgan fingerprint density at radius 1 is 1.35 bits per heavy atom. The van der Waals surface area contributed by atoms with E-state index in [1.54, 1.807) is 6.20 Å². The third-order valence-corrected chi connectivity index (χ3v) is 2.75. The van der Waals surface area contributed by atoms with Gasteiger partial charge in [0.05, 0.1) is 17.9 Å². The van der Waals surface area contributed by atoms with Crippen LogP contribution >= 0.6 is 0 Å². The lowest BCUT2D eigenvalue weighted by atomic mass is 10.2. The van der Waals surface area contributed by atoms with Crippen molar-refractivity contribution in [2.45, 2.75) is 13.0 Å². The van der Waals surface area contributed by atoms with Crippen molar-refractivity contribution in [3.8, 4) is 0 Å². The van der Waals surface area contributed by atoms with Crippen molar-refractivity contribution < 1.29 is 4.42 Å². The van der Waals surface area contributed by atoms with Gasteiger partial charge in [-0.1, -0.05) is 18.2 Å². The molecule has 4 nitrogen and oxygen atoms in total. The van der Waals surface area contributed by atoms with Crippen LogP contribution in [0, 0.1) is 0 Å². The van der Waals surface area contributed by atoms with Gasteiger partial charge >= 0.3 is 0 Å². The molecule has 0 amide bonds. The molecule has 3 rings (SSSR count). The normalized spacial score (nSPS) is 12.8. The van der Waals surface area contributed by atoms with E-state index < -0.39 is 0 Å². The SMILES string of the molecule is CC(Nc1cn[nH]c1)c1cc2ccccc2o1. The number of nitrogens with one attached hydrogen (secondary N) is 2. The summed E-state index contributed by atoms with van der Waals surface area (Å²) in [7, 11) is 0. The minimum Gasteiger partial charge on any atom is -0.459 e. The van der Waals surface area contributed by atoms with Crippen LogP contribution in [0.2, 0.25) is 0 Å². The number of para-hydroxylation sites is 1. The minimum absolute atomic E-state index is 0.111. The van der Waals surface area contributed by atoms with Crippen LogP contribution in [0.15, 0.2) is 47.1 Å². The first-order valence-corrected chi connectivity index (χ1v) is 5.57. The first kappa shape index (κ1) is 9.96. The molecular formula is C13H13N3O. The summed E-state index contributed by atoms with van der Waals surface area (Å²) in [6, 6.07) is 10.2. The lowest BCUT2D eigenvalue weighted by molar-refractivity contribution is 0.526. The summed E-state index contributed by atoms with van der Waals surface area (Å²) in [6.07, 6.45) is 3.57. The molecule has 0 saturated carbocycles. The number of rotatable bonds is 3. The maximum Gasteiger partial charge on any atom is 0.134 e. The van der Waals surface area contributed by atoms with E-state index in [4.69, 9.17) is 4.42 Å². The van der Waals surface area contributed by atoms with Crippen molar-refractivity contribution >= 4 is 16.7 Å². The van der Waals surface area contributed by atoms with Gasteiger partial charge in [-0.05, 0) is 19.1 Å². The summed E-state index contributed by atoms with van der Waals surface area (Å²) in [5.41, 5.74) is 1.88. The fourth-order valence-electron chi connectivity index (χ4n) is 1.87. The molecule has 2 heterocycles. The van der Waals surface area contributed by atoms with Gasteiger partial charge in [-0.15, -0.1) is 0 Å². The number of fused-ring (bicyclic) bond motifs is 1. The molecule has 2 aromatic heterocycles. The molecule has 0 aliphatic carbocycles. The summed E-state index contributed by atoms with van der Waals surface area (Å²) in [4.78, 5) is 0. The van der Waals surface area contributed by atoms with E-state index in [2.05, 4.69) is 28.5 Å². The zero-order chi connectivity index (χ0) is 11.7. The third-order valence-electron chi connectivity index (χ3n) is 2.75. The number of nitrogens with zero attached hydrogens (tertiary/aromatic N) is 1. The van der Waals surface area contributed by atoms with Crippen LogP contribution in [0.4, 0.5) is 5.69 Å². The Balaban J connectivity index is 1.88. The first-order chi connectivity index (χ1) is 8.33. The molecule has 3 aromatic rings. The number of furan rings is 1. The molecule has 17 heavy (non-hydrogen) atoms. The summed E-state index contributed by atoms with van der Waals surface area (Å²) in [6.45, 7) is 2.06. The highest BCUT2D eigenvalue weighted by Gasteiger charge is 2.11. The van der Waals surface area contributed by atoms with Crippen molar-refractivity contribution in [1.82, 2.24) is 10.2 Å². The van der Waals surface area contributed by atoms with Crippen LogP contribution in [-0.4, -0.2) is 10.2 Å². The second-order valence-electron chi connectivity index (χ2n) is 4.04. The molecule has 1 atom stereocenters. The van der Waals surface area contributed by atoms with Crippen LogP contribution in [0.1, 0.15) is 18.7 Å². The molecule has 2 N–H and O–H groups in total. The molecule has 4 heteroatoms. The van der Waals surface area contributed by atoms with Crippen molar-refractivity contribution in [2.24, 2.45) is 0 Å². The minimum atomic E-state index is 0.111. The van der Waals surface area contributed by atoms with E-state index in [-0.39, 0.29) is 6.04 Å². The molecule has 1 unspecified atom stereocenters. The Morgan fingerprint density at radius 2 is 2.24 bits per heavy atom. The Hall–Kier alpha value is -2.23. The number of H-pyrrole nitrogens is 1. The largest absolute Gasteiger partial charge is 0.459 e. The predicted molar refractivity (Wildman–Crippen MR) is 66.8 cm³/mol. The molecule has 0 bridgehead atoms. The van der Waals surface area contributed by atoms with Crippen LogP contribution in [0.3, 0.4) is 0 Å². The Labute approximate surface area is 98.6 Å².